The van der Waals surface area contributed by atoms with Gasteiger partial charge in [0.05, 0.1) is 11.0 Å². The first-order valence-electron chi connectivity index (χ1n) is 4.55. The SMILES string of the molecule is CCC(N)C1CCCCS1(=O)=O. The van der Waals surface area contributed by atoms with Gasteiger partial charge in [-0.2, -0.15) is 0 Å². The molecule has 1 aliphatic rings. The van der Waals surface area contributed by atoms with Crippen LogP contribution in [-0.2, 0) is 9.84 Å². The minimum absolute atomic E-state index is 0.157. The van der Waals surface area contributed by atoms with Crippen molar-refractivity contribution in [3.8, 4) is 0 Å². The van der Waals surface area contributed by atoms with E-state index in [4.69, 9.17) is 5.73 Å². The number of rotatable bonds is 2. The van der Waals surface area contributed by atoms with Crippen LogP contribution in [-0.4, -0.2) is 25.5 Å². The molecule has 0 aromatic heterocycles. The van der Waals surface area contributed by atoms with E-state index in [-0.39, 0.29) is 11.3 Å². The van der Waals surface area contributed by atoms with Gasteiger partial charge in [-0.3, -0.25) is 0 Å². The number of hydrogen-bond donors (Lipinski definition) is 1. The lowest BCUT2D eigenvalue weighted by Crippen LogP contribution is -2.43. The predicted molar refractivity (Wildman–Crippen MR) is 49.7 cm³/mol. The molecule has 0 aliphatic carbocycles. The molecule has 2 atom stereocenters. The van der Waals surface area contributed by atoms with Crippen LogP contribution in [0, 0.1) is 0 Å². The van der Waals surface area contributed by atoms with Gasteiger partial charge >= 0.3 is 0 Å². The molecule has 0 aromatic rings. The maximum absolute atomic E-state index is 11.5. The Morgan fingerprint density at radius 2 is 2.17 bits per heavy atom. The molecule has 1 aliphatic heterocycles. The summed E-state index contributed by atoms with van der Waals surface area (Å²) in [6, 6.07) is -0.157. The smallest absolute Gasteiger partial charge is 0.154 e. The summed E-state index contributed by atoms with van der Waals surface area (Å²) in [5.41, 5.74) is 5.74. The minimum Gasteiger partial charge on any atom is -0.327 e. The second-order valence-electron chi connectivity index (χ2n) is 3.47. The summed E-state index contributed by atoms with van der Waals surface area (Å²) < 4.78 is 23.0. The molecule has 72 valence electrons. The lowest BCUT2D eigenvalue weighted by atomic mass is 10.1. The van der Waals surface area contributed by atoms with E-state index < -0.39 is 9.84 Å². The fraction of sp³-hybridized carbons (Fsp3) is 1.00. The molecule has 0 amide bonds. The molecular formula is C8H17NO2S. The van der Waals surface area contributed by atoms with E-state index in [1.807, 2.05) is 6.92 Å². The Kier molecular flexibility index (Phi) is 3.12. The van der Waals surface area contributed by atoms with Crippen molar-refractivity contribution in [2.24, 2.45) is 5.73 Å². The summed E-state index contributed by atoms with van der Waals surface area (Å²) in [4.78, 5) is 0. The standard InChI is InChI=1S/C8H17NO2S/c1-2-7(9)8-5-3-4-6-12(8,10)11/h7-8H,2-6,9H2,1H3. The lowest BCUT2D eigenvalue weighted by Gasteiger charge is -2.26. The largest absolute Gasteiger partial charge is 0.327 e. The van der Waals surface area contributed by atoms with E-state index in [1.54, 1.807) is 0 Å². The van der Waals surface area contributed by atoms with Crippen molar-refractivity contribution in [1.29, 1.82) is 0 Å². The maximum Gasteiger partial charge on any atom is 0.154 e. The Labute approximate surface area is 74.3 Å². The molecule has 1 rings (SSSR count). The number of sulfone groups is 1. The van der Waals surface area contributed by atoms with Gasteiger partial charge in [0, 0.05) is 6.04 Å². The van der Waals surface area contributed by atoms with Crippen LogP contribution in [0.25, 0.3) is 0 Å². The van der Waals surface area contributed by atoms with Gasteiger partial charge in [0.15, 0.2) is 9.84 Å². The Hall–Kier alpha value is -0.0900. The number of nitrogens with two attached hydrogens (primary N) is 1. The van der Waals surface area contributed by atoms with Gasteiger partial charge in [-0.1, -0.05) is 13.3 Å². The van der Waals surface area contributed by atoms with Crippen LogP contribution < -0.4 is 5.73 Å². The van der Waals surface area contributed by atoms with Gasteiger partial charge < -0.3 is 5.73 Å². The molecule has 0 aromatic carbocycles. The van der Waals surface area contributed by atoms with Crippen LogP contribution in [0.4, 0.5) is 0 Å². The quantitative estimate of drug-likeness (QED) is 0.698. The maximum atomic E-state index is 11.5. The first-order valence-corrected chi connectivity index (χ1v) is 6.26. The fourth-order valence-electron chi connectivity index (χ4n) is 1.72. The molecule has 0 bridgehead atoms. The van der Waals surface area contributed by atoms with Crippen molar-refractivity contribution < 1.29 is 8.42 Å². The van der Waals surface area contributed by atoms with Crippen molar-refractivity contribution in [3.63, 3.8) is 0 Å². The molecule has 4 heteroatoms. The van der Waals surface area contributed by atoms with E-state index in [2.05, 4.69) is 0 Å². The summed E-state index contributed by atoms with van der Waals surface area (Å²) in [5, 5.41) is -0.267. The molecule has 2 N–H and O–H groups in total. The van der Waals surface area contributed by atoms with Gasteiger partial charge in [-0.25, -0.2) is 8.42 Å². The average molecular weight is 191 g/mol. The summed E-state index contributed by atoms with van der Waals surface area (Å²) in [7, 11) is -2.86. The van der Waals surface area contributed by atoms with Crippen molar-refractivity contribution in [2.45, 2.75) is 43.9 Å². The van der Waals surface area contributed by atoms with Gasteiger partial charge in [0.25, 0.3) is 0 Å². The Balaban J connectivity index is 2.73. The van der Waals surface area contributed by atoms with Gasteiger partial charge in [-0.15, -0.1) is 0 Å². The molecule has 0 spiro atoms. The summed E-state index contributed by atoms with van der Waals surface area (Å²) in [6.45, 7) is 1.94. The van der Waals surface area contributed by atoms with Crippen LogP contribution >= 0.6 is 0 Å². The van der Waals surface area contributed by atoms with Crippen LogP contribution in [0.1, 0.15) is 32.6 Å². The second kappa shape index (κ2) is 3.75. The van der Waals surface area contributed by atoms with Gasteiger partial charge in [0.1, 0.15) is 0 Å². The van der Waals surface area contributed by atoms with Crippen LogP contribution in [0.2, 0.25) is 0 Å². The molecule has 2 unspecified atom stereocenters. The summed E-state index contributed by atoms with van der Waals surface area (Å²) >= 11 is 0. The van der Waals surface area contributed by atoms with Crippen molar-refractivity contribution >= 4 is 9.84 Å². The van der Waals surface area contributed by atoms with Gasteiger partial charge in [-0.05, 0) is 19.3 Å². The highest BCUT2D eigenvalue weighted by Crippen LogP contribution is 2.22. The Morgan fingerprint density at radius 1 is 1.50 bits per heavy atom. The zero-order valence-corrected chi connectivity index (χ0v) is 8.31. The van der Waals surface area contributed by atoms with E-state index in [9.17, 15) is 8.42 Å². The third kappa shape index (κ3) is 1.98. The number of hydrogen-bond acceptors (Lipinski definition) is 3. The third-order valence-corrected chi connectivity index (χ3v) is 4.94. The second-order valence-corrected chi connectivity index (χ2v) is 5.81. The first kappa shape index (κ1) is 9.99. The lowest BCUT2D eigenvalue weighted by molar-refractivity contribution is 0.490. The molecule has 0 radical (unpaired) electrons. The van der Waals surface area contributed by atoms with Crippen molar-refractivity contribution in [2.75, 3.05) is 5.75 Å². The minimum atomic E-state index is -2.86. The summed E-state index contributed by atoms with van der Waals surface area (Å²) in [5.74, 6) is 0.339. The highest BCUT2D eigenvalue weighted by atomic mass is 32.2. The van der Waals surface area contributed by atoms with E-state index in [0.29, 0.717) is 5.75 Å². The molecule has 12 heavy (non-hydrogen) atoms. The highest BCUT2D eigenvalue weighted by Gasteiger charge is 2.32. The van der Waals surface area contributed by atoms with Gasteiger partial charge in [0.2, 0.25) is 0 Å². The average Bonchev–Trinajstić information content (AvgIpc) is 2.02. The molecule has 1 heterocycles. The van der Waals surface area contributed by atoms with Crippen LogP contribution in [0.15, 0.2) is 0 Å². The Morgan fingerprint density at radius 3 is 2.67 bits per heavy atom. The molecular weight excluding hydrogens is 174 g/mol. The van der Waals surface area contributed by atoms with Crippen LogP contribution in [0.3, 0.4) is 0 Å². The predicted octanol–water partition coefficient (Wildman–Crippen LogP) is 0.691. The molecule has 1 saturated heterocycles. The molecule has 3 nitrogen and oxygen atoms in total. The van der Waals surface area contributed by atoms with E-state index >= 15 is 0 Å². The normalized spacial score (nSPS) is 31.3. The van der Waals surface area contributed by atoms with Crippen LogP contribution in [0.5, 0.6) is 0 Å². The molecule has 0 saturated carbocycles. The Bertz CT molecular complexity index is 235. The summed E-state index contributed by atoms with van der Waals surface area (Å²) in [6.07, 6.45) is 3.34. The third-order valence-electron chi connectivity index (χ3n) is 2.58. The zero-order valence-electron chi connectivity index (χ0n) is 7.49. The molecule has 1 fully saturated rings. The highest BCUT2D eigenvalue weighted by molar-refractivity contribution is 7.92. The topological polar surface area (TPSA) is 60.2 Å². The van der Waals surface area contributed by atoms with Crippen molar-refractivity contribution in [1.82, 2.24) is 0 Å². The fourth-order valence-corrected chi connectivity index (χ4v) is 3.88. The van der Waals surface area contributed by atoms with E-state index in [1.165, 1.54) is 0 Å². The first-order chi connectivity index (χ1) is 5.58. The monoisotopic (exact) mass is 191 g/mol. The van der Waals surface area contributed by atoms with Crippen molar-refractivity contribution in [3.05, 3.63) is 0 Å². The van der Waals surface area contributed by atoms with E-state index in [0.717, 1.165) is 25.7 Å². The zero-order chi connectivity index (χ0) is 9.19.